The highest BCUT2D eigenvalue weighted by atomic mass is 35.5. The zero-order valence-corrected chi connectivity index (χ0v) is 15.0. The minimum absolute atomic E-state index is 0.00876. The summed E-state index contributed by atoms with van der Waals surface area (Å²) < 4.78 is 0. The summed E-state index contributed by atoms with van der Waals surface area (Å²) >= 11 is 6.45. The number of H-pyrrole nitrogens is 1. The lowest BCUT2D eigenvalue weighted by molar-refractivity contribution is -0.118. The summed E-state index contributed by atoms with van der Waals surface area (Å²) in [6, 6.07) is 10.2. The normalized spacial score (nSPS) is 25.4. The number of ketones is 1. The Morgan fingerprint density at radius 2 is 1.83 bits per heavy atom. The zero-order valence-electron chi connectivity index (χ0n) is 14.2. The number of aromatic nitrogens is 2. The zero-order chi connectivity index (χ0) is 17.1. The monoisotopic (exact) mass is 340 g/mol. The standard InChI is InChI=1S/C20H21ClN2O/c1-19(2)10-12-9-14-17(18(21)23-22-14)20(3,16(12)15(24)11-19)13-7-5-4-6-8-13/h4-8H,9-11H2,1-3H3,(H,22,23). The minimum Gasteiger partial charge on any atom is -0.294 e. The van der Waals surface area contributed by atoms with Crippen molar-refractivity contribution < 1.29 is 4.79 Å². The van der Waals surface area contributed by atoms with E-state index in [1.165, 1.54) is 5.57 Å². The maximum Gasteiger partial charge on any atom is 0.160 e. The van der Waals surface area contributed by atoms with Gasteiger partial charge < -0.3 is 0 Å². The molecular weight excluding hydrogens is 320 g/mol. The molecule has 0 saturated carbocycles. The maximum absolute atomic E-state index is 13.1. The average Bonchev–Trinajstić information content (AvgIpc) is 2.88. The topological polar surface area (TPSA) is 45.8 Å². The van der Waals surface area contributed by atoms with Crippen molar-refractivity contribution in [2.45, 2.75) is 45.4 Å². The lowest BCUT2D eigenvalue weighted by atomic mass is 9.59. The van der Waals surface area contributed by atoms with E-state index >= 15 is 0 Å². The summed E-state index contributed by atoms with van der Waals surface area (Å²) in [5.74, 6) is 0.246. The van der Waals surface area contributed by atoms with Crippen LogP contribution in [0, 0.1) is 5.41 Å². The molecule has 0 bridgehead atoms. The van der Waals surface area contributed by atoms with Crippen molar-refractivity contribution in [1.29, 1.82) is 0 Å². The van der Waals surface area contributed by atoms with Gasteiger partial charge in [-0.15, -0.1) is 0 Å². The Morgan fingerprint density at radius 3 is 2.54 bits per heavy atom. The van der Waals surface area contributed by atoms with E-state index in [1.807, 2.05) is 18.2 Å². The molecule has 2 aromatic rings. The van der Waals surface area contributed by atoms with Crippen molar-refractivity contribution in [2.24, 2.45) is 5.41 Å². The number of carbonyl (C=O) groups excluding carboxylic acids is 1. The van der Waals surface area contributed by atoms with Crippen molar-refractivity contribution >= 4 is 17.4 Å². The van der Waals surface area contributed by atoms with Crippen LogP contribution in [0.4, 0.5) is 0 Å². The summed E-state index contributed by atoms with van der Waals surface area (Å²) in [6.45, 7) is 6.46. The Labute approximate surface area is 147 Å². The summed E-state index contributed by atoms with van der Waals surface area (Å²) in [5.41, 5.74) is 4.73. The predicted octanol–water partition coefficient (Wildman–Crippen LogP) is 4.61. The van der Waals surface area contributed by atoms with Gasteiger partial charge in [0.05, 0.1) is 5.41 Å². The van der Waals surface area contributed by atoms with Gasteiger partial charge in [-0.05, 0) is 24.3 Å². The number of carbonyl (C=O) groups is 1. The number of hydrogen-bond acceptors (Lipinski definition) is 2. The second-order valence-electron chi connectivity index (χ2n) is 7.96. The van der Waals surface area contributed by atoms with Crippen molar-refractivity contribution in [1.82, 2.24) is 10.2 Å². The van der Waals surface area contributed by atoms with Crippen LogP contribution < -0.4 is 0 Å². The number of halogens is 1. The summed E-state index contributed by atoms with van der Waals surface area (Å²) in [6.07, 6.45) is 2.26. The fraction of sp³-hybridized carbons (Fsp3) is 0.400. The Hall–Kier alpha value is -1.87. The third kappa shape index (κ3) is 2.11. The smallest absolute Gasteiger partial charge is 0.160 e. The van der Waals surface area contributed by atoms with Gasteiger partial charge in [0.15, 0.2) is 10.9 Å². The number of allylic oxidation sites excluding steroid dienone is 2. The number of Topliss-reactive ketones (excluding diaryl/α,β-unsaturated/α-hetero) is 1. The quantitative estimate of drug-likeness (QED) is 0.823. The molecule has 0 fully saturated rings. The van der Waals surface area contributed by atoms with Crippen molar-refractivity contribution in [3.63, 3.8) is 0 Å². The lowest BCUT2D eigenvalue weighted by Gasteiger charge is -2.43. The number of aromatic amines is 1. The van der Waals surface area contributed by atoms with Gasteiger partial charge >= 0.3 is 0 Å². The molecule has 2 aliphatic carbocycles. The minimum atomic E-state index is -0.540. The molecule has 4 heteroatoms. The van der Waals surface area contributed by atoms with E-state index in [0.717, 1.165) is 35.2 Å². The van der Waals surface area contributed by atoms with Crippen LogP contribution in [0.15, 0.2) is 41.5 Å². The highest BCUT2D eigenvalue weighted by Crippen LogP contribution is 2.53. The third-order valence-electron chi connectivity index (χ3n) is 5.50. The van der Waals surface area contributed by atoms with Gasteiger partial charge in [-0.3, -0.25) is 9.89 Å². The highest BCUT2D eigenvalue weighted by molar-refractivity contribution is 6.30. The molecule has 3 nitrogen and oxygen atoms in total. The molecule has 4 rings (SSSR count). The van der Waals surface area contributed by atoms with Crippen LogP contribution in [-0.4, -0.2) is 16.0 Å². The molecular formula is C20H21ClN2O. The molecule has 1 atom stereocenters. The number of benzene rings is 1. The van der Waals surface area contributed by atoms with Gasteiger partial charge in [0.25, 0.3) is 0 Å². The molecule has 1 unspecified atom stereocenters. The van der Waals surface area contributed by atoms with E-state index < -0.39 is 5.41 Å². The Bertz CT molecular complexity index is 863. The molecule has 0 amide bonds. The Morgan fingerprint density at radius 1 is 1.12 bits per heavy atom. The van der Waals surface area contributed by atoms with Crippen LogP contribution in [0.1, 0.15) is 50.4 Å². The first kappa shape index (κ1) is 15.6. The second kappa shape index (κ2) is 5.06. The SMILES string of the molecule is CC1(C)CC(=O)C2=C(Cc3[nH]nc(Cl)c3C2(C)c2ccccc2)C1. The molecule has 2 aliphatic rings. The number of fused-ring (bicyclic) bond motifs is 1. The highest BCUT2D eigenvalue weighted by Gasteiger charge is 2.48. The number of hydrogen-bond donors (Lipinski definition) is 1. The van der Waals surface area contributed by atoms with Crippen LogP contribution >= 0.6 is 11.6 Å². The largest absolute Gasteiger partial charge is 0.294 e. The summed E-state index contributed by atoms with van der Waals surface area (Å²) in [4.78, 5) is 13.1. The van der Waals surface area contributed by atoms with E-state index in [2.05, 4.69) is 43.1 Å². The van der Waals surface area contributed by atoms with Crippen LogP contribution in [-0.2, 0) is 16.6 Å². The van der Waals surface area contributed by atoms with Gasteiger partial charge in [-0.25, -0.2) is 0 Å². The van der Waals surface area contributed by atoms with Gasteiger partial charge in [-0.1, -0.05) is 61.4 Å². The van der Waals surface area contributed by atoms with E-state index in [-0.39, 0.29) is 11.2 Å². The van der Waals surface area contributed by atoms with Gasteiger partial charge in [-0.2, -0.15) is 5.10 Å². The van der Waals surface area contributed by atoms with E-state index in [0.29, 0.717) is 11.6 Å². The number of nitrogens with one attached hydrogen (secondary N) is 1. The van der Waals surface area contributed by atoms with Gasteiger partial charge in [0.1, 0.15) is 0 Å². The molecule has 1 aromatic carbocycles. The average molecular weight is 341 g/mol. The second-order valence-corrected chi connectivity index (χ2v) is 8.31. The molecule has 0 radical (unpaired) electrons. The fourth-order valence-electron chi connectivity index (χ4n) is 4.62. The van der Waals surface area contributed by atoms with Crippen molar-refractivity contribution in [2.75, 3.05) is 0 Å². The maximum atomic E-state index is 13.1. The van der Waals surface area contributed by atoms with Crippen LogP contribution in [0.3, 0.4) is 0 Å². The van der Waals surface area contributed by atoms with Crippen molar-refractivity contribution in [3.05, 3.63) is 63.5 Å². The first-order valence-electron chi connectivity index (χ1n) is 8.37. The fourth-order valence-corrected chi connectivity index (χ4v) is 4.96. The molecule has 1 N–H and O–H groups in total. The van der Waals surface area contributed by atoms with E-state index in [1.54, 1.807) is 0 Å². The Balaban J connectivity index is 2.02. The predicted molar refractivity (Wildman–Crippen MR) is 95.2 cm³/mol. The third-order valence-corrected chi connectivity index (χ3v) is 5.78. The molecule has 0 saturated heterocycles. The van der Waals surface area contributed by atoms with Gasteiger partial charge in [0, 0.05) is 29.7 Å². The molecule has 0 aliphatic heterocycles. The molecule has 24 heavy (non-hydrogen) atoms. The van der Waals surface area contributed by atoms with E-state index in [4.69, 9.17) is 11.6 Å². The Kier molecular flexibility index (Phi) is 3.30. The molecule has 124 valence electrons. The molecule has 1 heterocycles. The summed E-state index contributed by atoms with van der Waals surface area (Å²) in [7, 11) is 0. The first-order chi connectivity index (χ1) is 11.3. The van der Waals surface area contributed by atoms with Crippen LogP contribution in [0.25, 0.3) is 0 Å². The summed E-state index contributed by atoms with van der Waals surface area (Å²) in [5, 5.41) is 7.81. The lowest BCUT2D eigenvalue weighted by Crippen LogP contribution is -2.40. The number of nitrogens with zero attached hydrogens (tertiary/aromatic N) is 1. The van der Waals surface area contributed by atoms with Crippen molar-refractivity contribution in [3.8, 4) is 0 Å². The van der Waals surface area contributed by atoms with Crippen LogP contribution in [0.2, 0.25) is 5.15 Å². The van der Waals surface area contributed by atoms with E-state index in [9.17, 15) is 4.79 Å². The van der Waals surface area contributed by atoms with Gasteiger partial charge in [0.2, 0.25) is 0 Å². The van der Waals surface area contributed by atoms with Crippen LogP contribution in [0.5, 0.6) is 0 Å². The number of rotatable bonds is 1. The molecule has 1 aromatic heterocycles. The first-order valence-corrected chi connectivity index (χ1v) is 8.75. The molecule has 0 spiro atoms.